The SMILES string of the molecule is CCC(C)c1ccc(C)c(C(F)(F)F)c1C(F)(F)F. The standard InChI is InChI=1S/C13H14F6/c1-4-7(2)9-6-5-8(3)10(12(14,15)16)11(9)13(17,18)19/h5-7H,4H2,1-3H3. The van der Waals surface area contributed by atoms with Crippen LogP contribution in [-0.2, 0) is 12.4 Å². The van der Waals surface area contributed by atoms with Gasteiger partial charge in [0.05, 0.1) is 11.1 Å². The molecule has 0 saturated carbocycles. The lowest BCUT2D eigenvalue weighted by Gasteiger charge is -2.23. The zero-order valence-corrected chi connectivity index (χ0v) is 10.7. The van der Waals surface area contributed by atoms with Crippen molar-refractivity contribution in [3.05, 3.63) is 34.4 Å². The molecular formula is C13H14F6. The number of aryl methyl sites for hydroxylation is 1. The van der Waals surface area contributed by atoms with Crippen LogP contribution in [0.25, 0.3) is 0 Å². The van der Waals surface area contributed by atoms with Gasteiger partial charge in [0, 0.05) is 0 Å². The second-order valence-corrected chi connectivity index (χ2v) is 4.53. The summed E-state index contributed by atoms with van der Waals surface area (Å²) in [6.07, 6.45) is -9.70. The summed E-state index contributed by atoms with van der Waals surface area (Å²) in [7, 11) is 0. The first kappa shape index (κ1) is 15.9. The van der Waals surface area contributed by atoms with E-state index in [1.807, 2.05) is 0 Å². The Morgan fingerprint density at radius 1 is 0.947 bits per heavy atom. The maximum absolute atomic E-state index is 13.0. The largest absolute Gasteiger partial charge is 0.417 e. The first-order valence-corrected chi connectivity index (χ1v) is 5.78. The average Bonchev–Trinajstić information content (AvgIpc) is 2.24. The van der Waals surface area contributed by atoms with Crippen molar-refractivity contribution in [2.75, 3.05) is 0 Å². The van der Waals surface area contributed by atoms with Crippen molar-refractivity contribution in [1.82, 2.24) is 0 Å². The van der Waals surface area contributed by atoms with E-state index in [2.05, 4.69) is 0 Å². The van der Waals surface area contributed by atoms with Crippen LogP contribution < -0.4 is 0 Å². The van der Waals surface area contributed by atoms with E-state index < -0.39 is 35.0 Å². The summed E-state index contributed by atoms with van der Waals surface area (Å²) in [5.74, 6) is -0.585. The van der Waals surface area contributed by atoms with Crippen LogP contribution in [0.2, 0.25) is 0 Å². The molecule has 0 N–H and O–H groups in total. The Kier molecular flexibility index (Phi) is 4.22. The number of halogens is 6. The molecule has 1 rings (SSSR count). The molecule has 0 saturated heterocycles. The Morgan fingerprint density at radius 3 is 1.79 bits per heavy atom. The minimum absolute atomic E-state index is 0.298. The molecule has 0 nitrogen and oxygen atoms in total. The van der Waals surface area contributed by atoms with Gasteiger partial charge in [0.15, 0.2) is 0 Å². The summed E-state index contributed by atoms with van der Waals surface area (Å²) in [5, 5.41) is 0. The van der Waals surface area contributed by atoms with E-state index in [1.54, 1.807) is 6.92 Å². The van der Waals surface area contributed by atoms with E-state index in [1.165, 1.54) is 6.92 Å². The molecule has 1 unspecified atom stereocenters. The summed E-state index contributed by atoms with van der Waals surface area (Å²) in [4.78, 5) is 0. The molecule has 0 aromatic heterocycles. The van der Waals surface area contributed by atoms with Crippen LogP contribution in [0.5, 0.6) is 0 Å². The summed E-state index contributed by atoms with van der Waals surface area (Å²) >= 11 is 0. The van der Waals surface area contributed by atoms with Crippen molar-refractivity contribution in [1.29, 1.82) is 0 Å². The monoisotopic (exact) mass is 284 g/mol. The van der Waals surface area contributed by atoms with Gasteiger partial charge in [-0.1, -0.05) is 26.0 Å². The van der Waals surface area contributed by atoms with E-state index in [4.69, 9.17) is 0 Å². The van der Waals surface area contributed by atoms with Crippen molar-refractivity contribution in [2.45, 2.75) is 45.5 Å². The highest BCUT2D eigenvalue weighted by molar-refractivity contribution is 5.45. The Labute approximate surface area is 107 Å². The number of hydrogen-bond donors (Lipinski definition) is 0. The minimum Gasteiger partial charge on any atom is -0.166 e. The summed E-state index contributed by atoms with van der Waals surface area (Å²) in [6, 6.07) is 2.24. The topological polar surface area (TPSA) is 0 Å². The quantitative estimate of drug-likeness (QED) is 0.625. The van der Waals surface area contributed by atoms with Gasteiger partial charge in [-0.25, -0.2) is 0 Å². The molecule has 0 spiro atoms. The van der Waals surface area contributed by atoms with Gasteiger partial charge >= 0.3 is 12.4 Å². The molecule has 6 heteroatoms. The number of hydrogen-bond acceptors (Lipinski definition) is 0. The third kappa shape index (κ3) is 3.22. The summed E-state index contributed by atoms with van der Waals surface area (Å²) < 4.78 is 77.7. The average molecular weight is 284 g/mol. The van der Waals surface area contributed by atoms with Crippen molar-refractivity contribution >= 4 is 0 Å². The van der Waals surface area contributed by atoms with Gasteiger partial charge in [-0.3, -0.25) is 0 Å². The van der Waals surface area contributed by atoms with E-state index >= 15 is 0 Å². The van der Waals surface area contributed by atoms with Crippen LogP contribution in [0.4, 0.5) is 26.3 Å². The van der Waals surface area contributed by atoms with E-state index in [0.717, 1.165) is 19.1 Å². The smallest absolute Gasteiger partial charge is 0.166 e. The van der Waals surface area contributed by atoms with Gasteiger partial charge in [-0.15, -0.1) is 0 Å². The molecule has 0 aliphatic rings. The molecule has 1 atom stereocenters. The first-order valence-electron chi connectivity index (χ1n) is 5.78. The van der Waals surface area contributed by atoms with E-state index in [9.17, 15) is 26.3 Å². The fraction of sp³-hybridized carbons (Fsp3) is 0.538. The van der Waals surface area contributed by atoms with Crippen LogP contribution in [0, 0.1) is 6.92 Å². The second-order valence-electron chi connectivity index (χ2n) is 4.53. The van der Waals surface area contributed by atoms with Gasteiger partial charge < -0.3 is 0 Å². The normalized spacial score (nSPS) is 14.6. The second kappa shape index (κ2) is 5.06. The van der Waals surface area contributed by atoms with Crippen LogP contribution in [-0.4, -0.2) is 0 Å². The van der Waals surface area contributed by atoms with E-state index in [-0.39, 0.29) is 5.56 Å². The third-order valence-corrected chi connectivity index (χ3v) is 3.16. The van der Waals surface area contributed by atoms with Crippen LogP contribution in [0.15, 0.2) is 12.1 Å². The van der Waals surface area contributed by atoms with Crippen molar-refractivity contribution in [3.63, 3.8) is 0 Å². The van der Waals surface area contributed by atoms with Gasteiger partial charge in [0.2, 0.25) is 0 Å². The fourth-order valence-corrected chi connectivity index (χ4v) is 2.02. The maximum Gasteiger partial charge on any atom is 0.417 e. The third-order valence-electron chi connectivity index (χ3n) is 3.16. The zero-order valence-electron chi connectivity index (χ0n) is 10.7. The van der Waals surface area contributed by atoms with Crippen LogP contribution in [0.3, 0.4) is 0 Å². The first-order chi connectivity index (χ1) is 8.50. The molecule has 0 radical (unpaired) electrons. The Hall–Kier alpha value is -1.20. The van der Waals surface area contributed by atoms with Crippen molar-refractivity contribution < 1.29 is 26.3 Å². The molecule has 1 aromatic rings. The maximum atomic E-state index is 13.0. The van der Waals surface area contributed by atoms with Crippen molar-refractivity contribution in [2.24, 2.45) is 0 Å². The molecule has 1 aromatic carbocycles. The minimum atomic E-state index is -5.02. The van der Waals surface area contributed by atoms with Gasteiger partial charge in [0.1, 0.15) is 0 Å². The van der Waals surface area contributed by atoms with Gasteiger partial charge in [0.25, 0.3) is 0 Å². The highest BCUT2D eigenvalue weighted by atomic mass is 19.4. The zero-order chi connectivity index (χ0) is 15.0. The number of benzene rings is 1. The van der Waals surface area contributed by atoms with Crippen LogP contribution >= 0.6 is 0 Å². The van der Waals surface area contributed by atoms with Crippen molar-refractivity contribution in [3.8, 4) is 0 Å². The summed E-state index contributed by atoms with van der Waals surface area (Å²) in [5.41, 5.74) is -3.83. The lowest BCUT2D eigenvalue weighted by atomic mass is 9.88. The van der Waals surface area contributed by atoms with E-state index in [0.29, 0.717) is 6.42 Å². The Balaban J connectivity index is 3.71. The molecule has 0 aliphatic carbocycles. The number of alkyl halides is 6. The predicted octanol–water partition coefficient (Wildman–Crippen LogP) is 5.55. The molecule has 0 bridgehead atoms. The molecule has 0 heterocycles. The predicted molar refractivity (Wildman–Crippen MR) is 59.9 cm³/mol. The van der Waals surface area contributed by atoms with Crippen LogP contribution in [0.1, 0.15) is 48.4 Å². The molecule has 19 heavy (non-hydrogen) atoms. The molecular weight excluding hydrogens is 270 g/mol. The fourth-order valence-electron chi connectivity index (χ4n) is 2.02. The Bertz CT molecular complexity index is 455. The highest BCUT2D eigenvalue weighted by Gasteiger charge is 2.46. The lowest BCUT2D eigenvalue weighted by molar-refractivity contribution is -0.163. The van der Waals surface area contributed by atoms with Gasteiger partial charge in [-0.05, 0) is 30.4 Å². The molecule has 0 amide bonds. The van der Waals surface area contributed by atoms with Gasteiger partial charge in [-0.2, -0.15) is 26.3 Å². The summed E-state index contributed by atoms with van der Waals surface area (Å²) in [6.45, 7) is 4.16. The molecule has 0 fully saturated rings. The highest BCUT2D eigenvalue weighted by Crippen LogP contribution is 2.45. The number of rotatable bonds is 2. The molecule has 0 aliphatic heterocycles. The molecule has 108 valence electrons. The lowest BCUT2D eigenvalue weighted by Crippen LogP contribution is -2.21. The Morgan fingerprint density at radius 2 is 1.42 bits per heavy atom.